The quantitative estimate of drug-likeness (QED) is 0.389. The van der Waals surface area contributed by atoms with E-state index < -0.39 is 34.8 Å². The molecule has 7 heteroatoms. The fraction of sp³-hybridized carbons (Fsp3) is 0.0345. The van der Waals surface area contributed by atoms with E-state index in [2.05, 4.69) is 5.32 Å². The smallest absolute Gasteiger partial charge is 0.236 e. The number of carbonyl (C=O) groups is 4. The van der Waals surface area contributed by atoms with Crippen molar-refractivity contribution in [3.05, 3.63) is 137 Å². The van der Waals surface area contributed by atoms with Crippen LogP contribution in [-0.4, -0.2) is 23.6 Å². The maximum atomic E-state index is 13.2. The monoisotopic (exact) mass is 477 g/mol. The summed E-state index contributed by atoms with van der Waals surface area (Å²) in [7, 11) is 0. The highest BCUT2D eigenvalue weighted by molar-refractivity contribution is 6.11. The number of amides is 1. The van der Waals surface area contributed by atoms with E-state index >= 15 is 0 Å². The zero-order valence-electron chi connectivity index (χ0n) is 18.8. The number of hydrogen-bond donors (Lipinski definition) is 1. The second kappa shape index (κ2) is 10.5. The van der Waals surface area contributed by atoms with Gasteiger partial charge < -0.3 is 25.1 Å². The van der Waals surface area contributed by atoms with Gasteiger partial charge in [-0.3, -0.25) is 9.59 Å². The molecule has 0 radical (unpaired) electrons. The summed E-state index contributed by atoms with van der Waals surface area (Å²) in [6, 6.07) is 28.0. The van der Waals surface area contributed by atoms with Gasteiger partial charge in [-0.2, -0.15) is 0 Å². The predicted octanol–water partition coefficient (Wildman–Crippen LogP) is 2.42. The largest absolute Gasteiger partial charge is 0.545 e. The van der Waals surface area contributed by atoms with Gasteiger partial charge in [-0.1, -0.05) is 72.8 Å². The van der Waals surface area contributed by atoms with Gasteiger partial charge in [0.15, 0.2) is 5.78 Å². The SMILES string of the molecule is O=C(c1ccc(NC(=O)C(c2ccccc2)c2ccccc2)cc1)c1ccc(C(=O)[O-])c(C(=O)[O-])c1. The van der Waals surface area contributed by atoms with E-state index in [9.17, 15) is 29.4 Å². The van der Waals surface area contributed by atoms with E-state index in [1.54, 1.807) is 12.1 Å². The minimum absolute atomic E-state index is 0.0239. The second-order valence-corrected chi connectivity index (χ2v) is 7.99. The molecule has 0 fully saturated rings. The molecule has 1 N–H and O–H groups in total. The van der Waals surface area contributed by atoms with E-state index in [0.717, 1.165) is 23.3 Å². The molecule has 4 aromatic carbocycles. The van der Waals surface area contributed by atoms with Crippen molar-refractivity contribution >= 4 is 29.3 Å². The van der Waals surface area contributed by atoms with Gasteiger partial charge >= 0.3 is 0 Å². The molecule has 0 spiro atoms. The third kappa shape index (κ3) is 5.20. The number of carboxylic acid groups (broad SMARTS) is 2. The number of carboxylic acids is 2. The highest BCUT2D eigenvalue weighted by Gasteiger charge is 2.23. The normalized spacial score (nSPS) is 10.6. The maximum Gasteiger partial charge on any atom is 0.236 e. The summed E-state index contributed by atoms with van der Waals surface area (Å²) in [4.78, 5) is 48.5. The van der Waals surface area contributed by atoms with Crippen LogP contribution >= 0.6 is 0 Å². The molecule has 0 aromatic heterocycles. The fourth-order valence-corrected chi connectivity index (χ4v) is 3.90. The lowest BCUT2D eigenvalue weighted by molar-refractivity contribution is -0.259. The zero-order valence-corrected chi connectivity index (χ0v) is 18.8. The van der Waals surface area contributed by atoms with Crippen LogP contribution in [0.2, 0.25) is 0 Å². The predicted molar refractivity (Wildman–Crippen MR) is 128 cm³/mol. The Kier molecular flexibility index (Phi) is 7.02. The molecule has 7 nitrogen and oxygen atoms in total. The van der Waals surface area contributed by atoms with Crippen molar-refractivity contribution < 1.29 is 29.4 Å². The van der Waals surface area contributed by atoms with Gasteiger partial charge in [-0.15, -0.1) is 0 Å². The lowest BCUT2D eigenvalue weighted by atomic mass is 9.90. The minimum atomic E-state index is -1.73. The Hall–Kier alpha value is -5.04. The van der Waals surface area contributed by atoms with Crippen LogP contribution in [0.25, 0.3) is 0 Å². The second-order valence-electron chi connectivity index (χ2n) is 7.99. The molecule has 0 saturated heterocycles. The van der Waals surface area contributed by atoms with E-state index in [1.807, 2.05) is 60.7 Å². The van der Waals surface area contributed by atoms with E-state index in [0.29, 0.717) is 5.69 Å². The van der Waals surface area contributed by atoms with Gasteiger partial charge in [-0.05, 0) is 41.5 Å². The summed E-state index contributed by atoms with van der Waals surface area (Å²) < 4.78 is 0. The Morgan fingerprint density at radius 3 is 1.58 bits per heavy atom. The first kappa shape index (κ1) is 24.1. The number of benzene rings is 4. The molecule has 178 valence electrons. The summed E-state index contributed by atoms with van der Waals surface area (Å²) in [6.07, 6.45) is 0. The summed E-state index contributed by atoms with van der Waals surface area (Å²) in [5, 5.41) is 25.3. The van der Waals surface area contributed by atoms with Crippen molar-refractivity contribution in [2.75, 3.05) is 5.32 Å². The average Bonchev–Trinajstić information content (AvgIpc) is 2.89. The summed E-state index contributed by atoms with van der Waals surface area (Å²) in [5.74, 6) is -4.72. The molecule has 0 unspecified atom stereocenters. The molecular weight excluding hydrogens is 458 g/mol. The van der Waals surface area contributed by atoms with Gasteiger partial charge in [0.1, 0.15) is 0 Å². The molecule has 4 aromatic rings. The third-order valence-corrected chi connectivity index (χ3v) is 5.66. The summed E-state index contributed by atoms with van der Waals surface area (Å²) >= 11 is 0. The van der Waals surface area contributed by atoms with Crippen LogP contribution in [0.3, 0.4) is 0 Å². The first-order valence-electron chi connectivity index (χ1n) is 11.0. The third-order valence-electron chi connectivity index (χ3n) is 5.66. The van der Waals surface area contributed by atoms with Crippen molar-refractivity contribution in [1.82, 2.24) is 0 Å². The topological polar surface area (TPSA) is 126 Å². The number of aromatic carboxylic acids is 2. The fourth-order valence-electron chi connectivity index (χ4n) is 3.90. The molecule has 0 bridgehead atoms. The van der Waals surface area contributed by atoms with Crippen LogP contribution in [0, 0.1) is 0 Å². The first-order valence-corrected chi connectivity index (χ1v) is 11.0. The van der Waals surface area contributed by atoms with Crippen molar-refractivity contribution in [1.29, 1.82) is 0 Å². The average molecular weight is 477 g/mol. The lowest BCUT2D eigenvalue weighted by Gasteiger charge is -2.18. The number of nitrogens with one attached hydrogen (secondary N) is 1. The molecule has 0 aliphatic carbocycles. The molecule has 0 heterocycles. The molecule has 0 saturated carbocycles. The van der Waals surface area contributed by atoms with Crippen molar-refractivity contribution in [2.24, 2.45) is 0 Å². The van der Waals surface area contributed by atoms with Crippen LogP contribution in [0.4, 0.5) is 5.69 Å². The highest BCUT2D eigenvalue weighted by Crippen LogP contribution is 2.26. The number of ketones is 1. The molecule has 4 rings (SSSR count). The minimum Gasteiger partial charge on any atom is -0.545 e. The Morgan fingerprint density at radius 1 is 0.583 bits per heavy atom. The number of carbonyl (C=O) groups excluding carboxylic acids is 4. The molecule has 0 aliphatic rings. The van der Waals surface area contributed by atoms with Gasteiger partial charge in [-0.25, -0.2) is 0 Å². The Balaban J connectivity index is 1.56. The van der Waals surface area contributed by atoms with E-state index in [1.165, 1.54) is 18.2 Å². The number of hydrogen-bond acceptors (Lipinski definition) is 6. The van der Waals surface area contributed by atoms with Gasteiger partial charge in [0, 0.05) is 27.9 Å². The first-order chi connectivity index (χ1) is 17.3. The van der Waals surface area contributed by atoms with Crippen LogP contribution < -0.4 is 15.5 Å². The zero-order chi connectivity index (χ0) is 25.7. The van der Waals surface area contributed by atoms with Crippen molar-refractivity contribution in [3.8, 4) is 0 Å². The summed E-state index contributed by atoms with van der Waals surface area (Å²) in [6.45, 7) is 0. The maximum absolute atomic E-state index is 13.2. The van der Waals surface area contributed by atoms with E-state index in [-0.39, 0.29) is 17.0 Å². The molecule has 36 heavy (non-hydrogen) atoms. The Morgan fingerprint density at radius 2 is 1.08 bits per heavy atom. The van der Waals surface area contributed by atoms with Crippen LogP contribution in [-0.2, 0) is 4.79 Å². The standard InChI is InChI=1S/C29H21NO6/c31-26(21-13-16-23(28(33)34)24(17-21)29(35)36)20-11-14-22(15-12-20)30-27(32)25(18-7-3-1-4-8-18)19-9-5-2-6-10-19/h1-17,25H,(H,30,32)(H,33,34)(H,35,36)/p-2. The molecular formula is C29H19NO6-2. The Bertz CT molecular complexity index is 1390. The highest BCUT2D eigenvalue weighted by atomic mass is 16.4. The summed E-state index contributed by atoms with van der Waals surface area (Å²) in [5.41, 5.74) is 1.11. The van der Waals surface area contributed by atoms with Crippen LogP contribution in [0.1, 0.15) is 53.7 Å². The van der Waals surface area contributed by atoms with Gasteiger partial charge in [0.05, 0.1) is 17.9 Å². The van der Waals surface area contributed by atoms with Crippen LogP contribution in [0.5, 0.6) is 0 Å². The lowest BCUT2D eigenvalue weighted by Crippen LogP contribution is -2.30. The Labute approximate surface area is 206 Å². The van der Waals surface area contributed by atoms with Crippen molar-refractivity contribution in [3.63, 3.8) is 0 Å². The molecule has 0 aliphatic heterocycles. The van der Waals surface area contributed by atoms with Gasteiger partial charge in [0.2, 0.25) is 5.91 Å². The molecule has 0 atom stereocenters. The number of anilines is 1. The number of rotatable bonds is 8. The van der Waals surface area contributed by atoms with Gasteiger partial charge in [0.25, 0.3) is 0 Å². The van der Waals surface area contributed by atoms with Crippen LogP contribution in [0.15, 0.2) is 103 Å². The van der Waals surface area contributed by atoms with E-state index in [4.69, 9.17) is 0 Å². The van der Waals surface area contributed by atoms with Crippen molar-refractivity contribution in [2.45, 2.75) is 5.92 Å². The molecule has 1 amide bonds.